The van der Waals surface area contributed by atoms with Crippen molar-refractivity contribution >= 4 is 21.6 Å². The molecule has 1 saturated heterocycles. The molecule has 1 aliphatic heterocycles. The van der Waals surface area contributed by atoms with Crippen LogP contribution >= 0.6 is 11.3 Å². The fourth-order valence-corrected chi connectivity index (χ4v) is 5.29. The molecule has 0 amide bonds. The average molecular weight is 410 g/mol. The monoisotopic (exact) mass is 409 g/mol. The molecule has 0 atom stereocenters. The van der Waals surface area contributed by atoms with E-state index in [9.17, 15) is 4.79 Å². The lowest BCUT2D eigenvalue weighted by atomic mass is 9.99. The van der Waals surface area contributed by atoms with Crippen molar-refractivity contribution in [1.82, 2.24) is 14.5 Å². The van der Waals surface area contributed by atoms with Gasteiger partial charge in [0.15, 0.2) is 0 Å². The first-order valence-electron chi connectivity index (χ1n) is 10.8. The van der Waals surface area contributed by atoms with Gasteiger partial charge in [0.05, 0.1) is 5.39 Å². The number of likely N-dealkylation sites (tertiary alicyclic amines) is 1. The van der Waals surface area contributed by atoms with Gasteiger partial charge < -0.3 is 4.90 Å². The zero-order valence-corrected chi connectivity index (χ0v) is 18.8. The van der Waals surface area contributed by atoms with Gasteiger partial charge in [-0.05, 0) is 56.4 Å². The van der Waals surface area contributed by atoms with Crippen molar-refractivity contribution in [2.24, 2.45) is 0 Å². The van der Waals surface area contributed by atoms with E-state index in [1.54, 1.807) is 11.3 Å². The van der Waals surface area contributed by atoms with Gasteiger partial charge in [-0.25, -0.2) is 4.98 Å². The first-order valence-corrected chi connectivity index (χ1v) is 11.7. The Kier molecular flexibility index (Phi) is 5.88. The maximum absolute atomic E-state index is 13.8. The molecule has 3 aromatic rings. The summed E-state index contributed by atoms with van der Waals surface area (Å²) in [5.74, 6) is 1.46. The number of aryl methyl sites for hydroxylation is 1. The summed E-state index contributed by atoms with van der Waals surface area (Å²) in [5, 5.41) is 2.91. The van der Waals surface area contributed by atoms with Gasteiger partial charge in [0.1, 0.15) is 10.7 Å². The second-order valence-corrected chi connectivity index (χ2v) is 9.45. The molecule has 1 aromatic carbocycles. The van der Waals surface area contributed by atoms with Crippen LogP contribution in [0.2, 0.25) is 0 Å². The standard InChI is InChI=1S/C24H31N3OS/c1-5-6-21-25-23-22(24(28)27(21)19-11-13-26(4)14-12-19)20(15-29-23)18-9-7-17(8-10-18)16(2)3/h7-10,15-16,19H,5-6,11-14H2,1-4H3. The van der Waals surface area contributed by atoms with Gasteiger partial charge in [-0.15, -0.1) is 11.3 Å². The van der Waals surface area contributed by atoms with E-state index in [-0.39, 0.29) is 11.6 Å². The predicted octanol–water partition coefficient (Wildman–Crippen LogP) is 5.47. The predicted molar refractivity (Wildman–Crippen MR) is 123 cm³/mol. The largest absolute Gasteiger partial charge is 0.306 e. The SMILES string of the molecule is CCCc1nc2scc(-c3ccc(C(C)C)cc3)c2c(=O)n1C1CCN(C)CC1. The van der Waals surface area contributed by atoms with Crippen molar-refractivity contribution in [2.75, 3.05) is 20.1 Å². The van der Waals surface area contributed by atoms with Crippen molar-refractivity contribution < 1.29 is 0 Å². The summed E-state index contributed by atoms with van der Waals surface area (Å²) in [6.45, 7) is 8.64. The van der Waals surface area contributed by atoms with Gasteiger partial charge >= 0.3 is 0 Å². The van der Waals surface area contributed by atoms with E-state index in [0.717, 1.165) is 65.9 Å². The van der Waals surface area contributed by atoms with Crippen LogP contribution in [0, 0.1) is 0 Å². The third kappa shape index (κ3) is 3.90. The molecular weight excluding hydrogens is 378 g/mol. The molecule has 0 spiro atoms. The molecular formula is C24H31N3OS. The quantitative estimate of drug-likeness (QED) is 0.561. The second-order valence-electron chi connectivity index (χ2n) is 8.59. The fraction of sp³-hybridized carbons (Fsp3) is 0.500. The highest BCUT2D eigenvalue weighted by Crippen LogP contribution is 2.33. The third-order valence-electron chi connectivity index (χ3n) is 6.13. The van der Waals surface area contributed by atoms with Gasteiger partial charge in [0.2, 0.25) is 0 Å². The Morgan fingerprint density at radius 3 is 2.48 bits per heavy atom. The summed E-state index contributed by atoms with van der Waals surface area (Å²) in [4.78, 5) is 22.0. The van der Waals surface area contributed by atoms with Gasteiger partial charge in [0, 0.05) is 23.4 Å². The molecule has 0 N–H and O–H groups in total. The molecule has 5 heteroatoms. The van der Waals surface area contributed by atoms with Crippen LogP contribution in [-0.2, 0) is 6.42 Å². The number of nitrogens with zero attached hydrogens (tertiary/aromatic N) is 3. The lowest BCUT2D eigenvalue weighted by Gasteiger charge is -2.31. The number of benzene rings is 1. The van der Waals surface area contributed by atoms with E-state index in [2.05, 4.69) is 62.4 Å². The summed E-state index contributed by atoms with van der Waals surface area (Å²) in [7, 11) is 2.16. The Morgan fingerprint density at radius 1 is 1.17 bits per heavy atom. The van der Waals surface area contributed by atoms with Gasteiger partial charge in [-0.1, -0.05) is 45.0 Å². The summed E-state index contributed by atoms with van der Waals surface area (Å²) in [6.07, 6.45) is 3.89. The summed E-state index contributed by atoms with van der Waals surface area (Å²) in [6, 6.07) is 8.91. The molecule has 0 unspecified atom stereocenters. The molecule has 3 heterocycles. The molecule has 0 aliphatic carbocycles. The third-order valence-corrected chi connectivity index (χ3v) is 7.00. The summed E-state index contributed by atoms with van der Waals surface area (Å²) < 4.78 is 2.04. The molecule has 0 saturated carbocycles. The van der Waals surface area contributed by atoms with Gasteiger partial charge in [0.25, 0.3) is 5.56 Å². The normalized spacial score (nSPS) is 16.2. The highest BCUT2D eigenvalue weighted by atomic mass is 32.1. The molecule has 154 valence electrons. The molecule has 2 aromatic heterocycles. The molecule has 4 nitrogen and oxygen atoms in total. The zero-order chi connectivity index (χ0) is 20.5. The maximum Gasteiger partial charge on any atom is 0.263 e. The van der Waals surface area contributed by atoms with E-state index in [0.29, 0.717) is 5.92 Å². The molecule has 1 aliphatic rings. The van der Waals surface area contributed by atoms with E-state index < -0.39 is 0 Å². The molecule has 1 fully saturated rings. The lowest BCUT2D eigenvalue weighted by Crippen LogP contribution is -2.37. The van der Waals surface area contributed by atoms with Crippen LogP contribution in [0.3, 0.4) is 0 Å². The summed E-state index contributed by atoms with van der Waals surface area (Å²) >= 11 is 1.60. The van der Waals surface area contributed by atoms with E-state index >= 15 is 0 Å². The number of thiophene rings is 1. The maximum atomic E-state index is 13.8. The first-order chi connectivity index (χ1) is 14.0. The minimum absolute atomic E-state index is 0.150. The Balaban J connectivity index is 1.84. The molecule has 0 bridgehead atoms. The van der Waals surface area contributed by atoms with Crippen LogP contribution in [-0.4, -0.2) is 34.6 Å². The second kappa shape index (κ2) is 8.41. The van der Waals surface area contributed by atoms with Crippen LogP contribution in [0.4, 0.5) is 0 Å². The Labute approximate surface area is 177 Å². The van der Waals surface area contributed by atoms with Crippen LogP contribution in [0.25, 0.3) is 21.3 Å². The van der Waals surface area contributed by atoms with Crippen molar-refractivity contribution in [3.63, 3.8) is 0 Å². The van der Waals surface area contributed by atoms with Crippen LogP contribution in [0.5, 0.6) is 0 Å². The topological polar surface area (TPSA) is 38.1 Å². The Morgan fingerprint density at radius 2 is 1.86 bits per heavy atom. The van der Waals surface area contributed by atoms with Crippen LogP contribution in [0.1, 0.15) is 63.4 Å². The number of hydrogen-bond donors (Lipinski definition) is 0. The van der Waals surface area contributed by atoms with Crippen LogP contribution < -0.4 is 5.56 Å². The van der Waals surface area contributed by atoms with Crippen LogP contribution in [0.15, 0.2) is 34.4 Å². The van der Waals surface area contributed by atoms with Crippen molar-refractivity contribution in [2.45, 2.75) is 58.4 Å². The Bertz CT molecular complexity index is 1040. The van der Waals surface area contributed by atoms with Crippen molar-refractivity contribution in [1.29, 1.82) is 0 Å². The lowest BCUT2D eigenvalue weighted by molar-refractivity contribution is 0.215. The molecule has 0 radical (unpaired) electrons. The molecule has 29 heavy (non-hydrogen) atoms. The summed E-state index contributed by atoms with van der Waals surface area (Å²) in [5.41, 5.74) is 3.61. The minimum atomic E-state index is 0.150. The number of piperidine rings is 1. The smallest absolute Gasteiger partial charge is 0.263 e. The number of fused-ring (bicyclic) bond motifs is 1. The zero-order valence-electron chi connectivity index (χ0n) is 17.9. The molecule has 4 rings (SSSR count). The highest BCUT2D eigenvalue weighted by molar-refractivity contribution is 7.17. The first kappa shape index (κ1) is 20.3. The van der Waals surface area contributed by atoms with E-state index in [1.165, 1.54) is 5.56 Å². The average Bonchev–Trinajstić information content (AvgIpc) is 3.14. The number of rotatable bonds is 5. The van der Waals surface area contributed by atoms with Gasteiger partial charge in [-0.2, -0.15) is 0 Å². The van der Waals surface area contributed by atoms with Crippen molar-refractivity contribution in [3.8, 4) is 11.1 Å². The van der Waals surface area contributed by atoms with Gasteiger partial charge in [-0.3, -0.25) is 9.36 Å². The highest BCUT2D eigenvalue weighted by Gasteiger charge is 2.24. The number of hydrogen-bond acceptors (Lipinski definition) is 4. The van der Waals surface area contributed by atoms with E-state index in [1.807, 2.05) is 4.57 Å². The van der Waals surface area contributed by atoms with Crippen molar-refractivity contribution in [3.05, 3.63) is 51.4 Å². The van der Waals surface area contributed by atoms with E-state index in [4.69, 9.17) is 4.98 Å². The minimum Gasteiger partial charge on any atom is -0.306 e. The fourth-order valence-electron chi connectivity index (χ4n) is 4.34. The Hall–Kier alpha value is -1.98. The number of aromatic nitrogens is 2.